The average Bonchev–Trinajstić information content (AvgIpc) is 3.56. The molecule has 2 atom stereocenters. The van der Waals surface area contributed by atoms with Gasteiger partial charge in [0.15, 0.2) is 0 Å². The van der Waals surface area contributed by atoms with Crippen molar-refractivity contribution in [3.05, 3.63) is 71.0 Å². The lowest BCUT2D eigenvalue weighted by molar-refractivity contribution is -0.136. The number of nitrogens with one attached hydrogen (secondary N) is 1. The second-order valence-corrected chi connectivity index (χ2v) is 11.7. The highest BCUT2D eigenvalue weighted by molar-refractivity contribution is 6.05. The van der Waals surface area contributed by atoms with Crippen LogP contribution in [0, 0.1) is 0 Å². The summed E-state index contributed by atoms with van der Waals surface area (Å²) in [4.78, 5) is 45.5. The summed E-state index contributed by atoms with van der Waals surface area (Å²) >= 11 is 0. The molecule has 0 radical (unpaired) electrons. The Balaban J connectivity index is 0.960. The number of hydrogen-bond donors (Lipinski definition) is 1. The highest BCUT2D eigenvalue weighted by Crippen LogP contribution is 2.32. The van der Waals surface area contributed by atoms with E-state index in [0.29, 0.717) is 24.4 Å². The van der Waals surface area contributed by atoms with Gasteiger partial charge in [0, 0.05) is 63.0 Å². The fourth-order valence-corrected chi connectivity index (χ4v) is 6.66. The van der Waals surface area contributed by atoms with Crippen LogP contribution in [-0.2, 0) is 27.4 Å². The molecule has 9 heteroatoms. The van der Waals surface area contributed by atoms with E-state index >= 15 is 0 Å². The Morgan fingerprint density at radius 1 is 0.976 bits per heavy atom. The number of ether oxygens (including phenoxy) is 2. The summed E-state index contributed by atoms with van der Waals surface area (Å²) in [5.74, 6) is 0.455. The molecule has 0 spiro atoms. The molecule has 1 unspecified atom stereocenters. The van der Waals surface area contributed by atoms with Crippen LogP contribution >= 0.6 is 0 Å². The van der Waals surface area contributed by atoms with Crippen molar-refractivity contribution in [1.82, 2.24) is 20.1 Å². The number of nitrogens with zero attached hydrogens (tertiary/aromatic N) is 3. The van der Waals surface area contributed by atoms with Crippen molar-refractivity contribution in [3.8, 4) is 5.75 Å². The average molecular weight is 555 g/mol. The monoisotopic (exact) mass is 554 g/mol. The Morgan fingerprint density at radius 2 is 1.85 bits per heavy atom. The normalized spacial score (nSPS) is 23.7. The molecule has 212 valence electrons. The van der Waals surface area contributed by atoms with Crippen LogP contribution in [0.5, 0.6) is 5.75 Å². The minimum atomic E-state index is -0.613. The van der Waals surface area contributed by atoms with Gasteiger partial charge in [-0.15, -0.1) is 0 Å². The summed E-state index contributed by atoms with van der Waals surface area (Å²) in [7, 11) is 0. The van der Waals surface area contributed by atoms with Gasteiger partial charge in [0.05, 0.1) is 5.69 Å². The molecule has 9 nitrogen and oxygen atoms in total. The van der Waals surface area contributed by atoms with Gasteiger partial charge in [-0.05, 0) is 78.4 Å². The van der Waals surface area contributed by atoms with Gasteiger partial charge in [-0.1, -0.05) is 12.1 Å². The molecule has 41 heavy (non-hydrogen) atoms. The Morgan fingerprint density at radius 3 is 2.71 bits per heavy atom. The van der Waals surface area contributed by atoms with E-state index in [9.17, 15) is 14.4 Å². The summed E-state index contributed by atoms with van der Waals surface area (Å²) in [6.07, 6.45) is 5.74. The fraction of sp³-hybridized carbons (Fsp3) is 0.438. The number of carbonyl (C=O) groups excluding carboxylic acids is 3. The predicted molar refractivity (Wildman–Crippen MR) is 151 cm³/mol. The molecule has 3 fully saturated rings. The molecule has 4 aliphatic rings. The van der Waals surface area contributed by atoms with Crippen LogP contribution in [0.25, 0.3) is 10.8 Å². The summed E-state index contributed by atoms with van der Waals surface area (Å²) < 4.78 is 11.9. The maximum atomic E-state index is 13.0. The van der Waals surface area contributed by atoms with Gasteiger partial charge in [-0.2, -0.15) is 0 Å². The van der Waals surface area contributed by atoms with Gasteiger partial charge in [0.1, 0.15) is 17.9 Å². The molecule has 3 amide bonds. The highest BCUT2D eigenvalue weighted by Gasteiger charge is 2.39. The van der Waals surface area contributed by atoms with E-state index in [0.717, 1.165) is 69.1 Å². The number of amides is 3. The van der Waals surface area contributed by atoms with E-state index < -0.39 is 11.9 Å². The van der Waals surface area contributed by atoms with Gasteiger partial charge in [-0.25, -0.2) is 0 Å². The largest absolute Gasteiger partial charge is 0.489 e. The Labute approximate surface area is 238 Å². The van der Waals surface area contributed by atoms with Gasteiger partial charge in [-0.3, -0.25) is 29.6 Å². The molecular formula is C32H34N4O5. The van der Waals surface area contributed by atoms with Crippen molar-refractivity contribution in [2.75, 3.05) is 26.3 Å². The zero-order chi connectivity index (χ0) is 27.9. The fourth-order valence-electron chi connectivity index (χ4n) is 6.66. The Hall–Kier alpha value is -3.82. The second-order valence-electron chi connectivity index (χ2n) is 11.7. The number of carbonyl (C=O) groups is 3. The molecule has 3 aromatic rings. The van der Waals surface area contributed by atoms with Crippen LogP contribution in [0.15, 0.2) is 48.7 Å². The van der Waals surface area contributed by atoms with Crippen LogP contribution in [0.1, 0.15) is 65.2 Å². The molecule has 4 aliphatic heterocycles. The van der Waals surface area contributed by atoms with Crippen LogP contribution in [0.2, 0.25) is 0 Å². The molecule has 0 bridgehead atoms. The third-order valence-electron chi connectivity index (χ3n) is 8.91. The summed E-state index contributed by atoms with van der Waals surface area (Å²) in [6.45, 7) is 4.54. The summed E-state index contributed by atoms with van der Waals surface area (Å²) in [6, 6.07) is 13.9. The number of benzene rings is 2. The number of piperidine rings is 1. The molecule has 3 saturated heterocycles. The maximum Gasteiger partial charge on any atom is 0.255 e. The quantitative estimate of drug-likeness (QED) is 0.465. The SMILES string of the molecule is O=C1CCC(N2Cc3cc(O[C@H]4CCN(Cc5cc6ccc(C7CCOCC7)cc6cn5)C4)ccc3C2=O)C(=O)N1. The van der Waals surface area contributed by atoms with Crippen LogP contribution < -0.4 is 10.1 Å². The lowest BCUT2D eigenvalue weighted by atomic mass is 9.90. The topological polar surface area (TPSA) is 101 Å². The first-order valence-corrected chi connectivity index (χ1v) is 14.6. The predicted octanol–water partition coefficient (Wildman–Crippen LogP) is 3.54. The third-order valence-corrected chi connectivity index (χ3v) is 8.91. The van der Waals surface area contributed by atoms with Crippen molar-refractivity contribution in [2.45, 2.75) is 63.3 Å². The van der Waals surface area contributed by atoms with Crippen molar-refractivity contribution < 1.29 is 23.9 Å². The molecule has 5 heterocycles. The summed E-state index contributed by atoms with van der Waals surface area (Å²) in [5.41, 5.74) is 3.89. The number of pyridine rings is 1. The lowest BCUT2D eigenvalue weighted by Crippen LogP contribution is -2.52. The van der Waals surface area contributed by atoms with E-state index in [1.54, 1.807) is 11.0 Å². The number of likely N-dealkylation sites (tertiary alicyclic amines) is 1. The zero-order valence-corrected chi connectivity index (χ0v) is 23.0. The van der Waals surface area contributed by atoms with Crippen LogP contribution in [0.3, 0.4) is 0 Å². The molecule has 2 aromatic carbocycles. The Kier molecular flexibility index (Phi) is 6.92. The number of hydrogen-bond acceptors (Lipinski definition) is 7. The van der Waals surface area contributed by atoms with Crippen molar-refractivity contribution in [3.63, 3.8) is 0 Å². The molecule has 7 rings (SSSR count). The minimum absolute atomic E-state index is 0.0545. The van der Waals surface area contributed by atoms with Gasteiger partial charge >= 0.3 is 0 Å². The molecule has 0 saturated carbocycles. The molecule has 1 N–H and O–H groups in total. The number of rotatable bonds is 6. The minimum Gasteiger partial charge on any atom is -0.489 e. The van der Waals surface area contributed by atoms with Crippen molar-refractivity contribution >= 4 is 28.5 Å². The van der Waals surface area contributed by atoms with Gasteiger partial charge in [0.2, 0.25) is 11.8 Å². The maximum absolute atomic E-state index is 13.0. The van der Waals surface area contributed by atoms with E-state index in [4.69, 9.17) is 14.5 Å². The number of fused-ring (bicyclic) bond motifs is 2. The molecule has 0 aliphatic carbocycles. The smallest absolute Gasteiger partial charge is 0.255 e. The second kappa shape index (κ2) is 10.9. The zero-order valence-electron chi connectivity index (χ0n) is 23.0. The van der Waals surface area contributed by atoms with Crippen LogP contribution in [0.4, 0.5) is 0 Å². The first-order valence-electron chi connectivity index (χ1n) is 14.6. The van der Waals surface area contributed by atoms with E-state index in [2.05, 4.69) is 34.5 Å². The van der Waals surface area contributed by atoms with Gasteiger partial charge < -0.3 is 14.4 Å². The van der Waals surface area contributed by atoms with Gasteiger partial charge in [0.25, 0.3) is 5.91 Å². The first-order chi connectivity index (χ1) is 20.0. The lowest BCUT2D eigenvalue weighted by Gasteiger charge is -2.29. The molecular weight excluding hydrogens is 520 g/mol. The Bertz CT molecular complexity index is 1520. The third kappa shape index (κ3) is 5.31. The van der Waals surface area contributed by atoms with E-state index in [1.165, 1.54) is 16.3 Å². The van der Waals surface area contributed by atoms with Crippen LogP contribution in [-0.4, -0.2) is 71.0 Å². The van der Waals surface area contributed by atoms with Crippen molar-refractivity contribution in [1.29, 1.82) is 0 Å². The van der Waals surface area contributed by atoms with E-state index in [-0.39, 0.29) is 24.3 Å². The number of imide groups is 1. The summed E-state index contributed by atoms with van der Waals surface area (Å²) in [5, 5.41) is 4.75. The van der Waals surface area contributed by atoms with E-state index in [1.807, 2.05) is 18.3 Å². The number of aromatic nitrogens is 1. The highest BCUT2D eigenvalue weighted by atomic mass is 16.5. The first kappa shape index (κ1) is 26.1. The molecule has 1 aromatic heterocycles. The standard InChI is InChI=1S/C32H34N4O5/c37-30-6-5-29(31(38)34-30)36-17-24-15-26(3-4-28(24)32(36)39)41-27-7-10-35(19-27)18-25-14-22-2-1-21(13-23(22)16-33-25)20-8-11-40-12-9-20/h1-4,13-16,20,27,29H,5-12,17-19H2,(H,34,37,38)/t27-,29?/m0/s1. The van der Waals surface area contributed by atoms with Crippen molar-refractivity contribution in [2.24, 2.45) is 0 Å².